The third-order valence-electron chi connectivity index (χ3n) is 4.53. The Hall–Kier alpha value is -1.16. The van der Waals surface area contributed by atoms with Crippen molar-refractivity contribution in [2.45, 2.75) is 64.4 Å². The van der Waals surface area contributed by atoms with Crippen LogP contribution in [-0.2, 0) is 16.8 Å². The van der Waals surface area contributed by atoms with Gasteiger partial charge in [0.1, 0.15) is 11.4 Å². The quantitative estimate of drug-likeness (QED) is 0.854. The molecule has 1 N–H and O–H groups in total. The van der Waals surface area contributed by atoms with Crippen molar-refractivity contribution < 1.29 is 4.74 Å². The smallest absolute Gasteiger partial charge is 0.162 e. The fourth-order valence-corrected chi connectivity index (χ4v) is 3.17. The minimum absolute atomic E-state index is 0.292. The molecule has 0 saturated heterocycles. The number of aryl methyl sites for hydroxylation is 1. The third-order valence-corrected chi connectivity index (χ3v) is 4.53. The predicted molar refractivity (Wildman–Crippen MR) is 82.1 cm³/mol. The van der Waals surface area contributed by atoms with Crippen LogP contribution in [0.4, 0.5) is 5.82 Å². The Bertz CT molecular complexity index is 426. The van der Waals surface area contributed by atoms with Crippen molar-refractivity contribution in [1.82, 2.24) is 9.97 Å². The monoisotopic (exact) mass is 277 g/mol. The summed E-state index contributed by atoms with van der Waals surface area (Å²) in [7, 11) is 3.73. The first-order valence-electron chi connectivity index (χ1n) is 7.77. The third kappa shape index (κ3) is 2.80. The number of ether oxygens (including phenoxy) is 1. The first-order valence-corrected chi connectivity index (χ1v) is 7.77. The number of aromatic nitrogens is 2. The largest absolute Gasteiger partial charge is 0.373 e. The van der Waals surface area contributed by atoms with Crippen molar-refractivity contribution in [3.63, 3.8) is 0 Å². The van der Waals surface area contributed by atoms with Crippen molar-refractivity contribution in [1.29, 1.82) is 0 Å². The summed E-state index contributed by atoms with van der Waals surface area (Å²) in [5.41, 5.74) is 1.98. The number of rotatable bonds is 4. The summed E-state index contributed by atoms with van der Waals surface area (Å²) in [6.45, 7) is 4.23. The van der Waals surface area contributed by atoms with Crippen molar-refractivity contribution in [3.8, 4) is 0 Å². The standard InChI is InChI=1S/C16H27N3O/c1-5-13-12(2)14(17-3)19-15(18-13)16(20-4)10-8-6-7-9-11-16/h5-11H2,1-4H3,(H,17,18,19). The number of methoxy groups -OCH3 is 1. The van der Waals surface area contributed by atoms with Crippen molar-refractivity contribution in [3.05, 3.63) is 17.1 Å². The minimum atomic E-state index is -0.292. The SMILES string of the molecule is CCc1nc(C2(OC)CCCCCC2)nc(NC)c1C. The first kappa shape index (κ1) is 15.2. The lowest BCUT2D eigenvalue weighted by Crippen LogP contribution is -2.31. The molecule has 0 aliphatic heterocycles. The minimum Gasteiger partial charge on any atom is -0.373 e. The Balaban J connectivity index is 2.47. The van der Waals surface area contributed by atoms with Gasteiger partial charge in [0, 0.05) is 25.4 Å². The van der Waals surface area contributed by atoms with Crippen LogP contribution in [0.15, 0.2) is 0 Å². The maximum Gasteiger partial charge on any atom is 0.162 e. The Morgan fingerprint density at radius 3 is 2.30 bits per heavy atom. The van der Waals surface area contributed by atoms with Crippen molar-refractivity contribution in [2.24, 2.45) is 0 Å². The Kier molecular flexibility index (Phi) is 4.97. The van der Waals surface area contributed by atoms with Crippen LogP contribution in [-0.4, -0.2) is 24.1 Å². The number of hydrogen-bond acceptors (Lipinski definition) is 4. The van der Waals surface area contributed by atoms with Gasteiger partial charge in [0.05, 0.1) is 0 Å². The fraction of sp³-hybridized carbons (Fsp3) is 0.750. The second-order valence-corrected chi connectivity index (χ2v) is 5.68. The molecule has 2 rings (SSSR count). The molecule has 4 nitrogen and oxygen atoms in total. The average molecular weight is 277 g/mol. The fourth-order valence-electron chi connectivity index (χ4n) is 3.17. The Morgan fingerprint density at radius 1 is 1.15 bits per heavy atom. The maximum atomic E-state index is 5.93. The molecule has 1 saturated carbocycles. The molecule has 1 aliphatic carbocycles. The molecule has 0 unspecified atom stereocenters. The molecular formula is C16H27N3O. The van der Waals surface area contributed by atoms with Crippen LogP contribution in [0.5, 0.6) is 0 Å². The lowest BCUT2D eigenvalue weighted by atomic mass is 9.92. The van der Waals surface area contributed by atoms with E-state index in [1.807, 2.05) is 7.05 Å². The van der Waals surface area contributed by atoms with Gasteiger partial charge >= 0.3 is 0 Å². The summed E-state index contributed by atoms with van der Waals surface area (Å²) in [6, 6.07) is 0. The van der Waals surface area contributed by atoms with Crippen molar-refractivity contribution >= 4 is 5.82 Å². The second kappa shape index (κ2) is 6.53. The van der Waals surface area contributed by atoms with Gasteiger partial charge in [0.25, 0.3) is 0 Å². The van der Waals surface area contributed by atoms with E-state index in [4.69, 9.17) is 14.7 Å². The maximum absolute atomic E-state index is 5.93. The van der Waals surface area contributed by atoms with Crippen LogP contribution in [0.1, 0.15) is 62.5 Å². The summed E-state index contributed by atoms with van der Waals surface area (Å²) in [4.78, 5) is 9.59. The molecule has 0 spiro atoms. The van der Waals surface area contributed by atoms with Gasteiger partial charge in [-0.3, -0.25) is 0 Å². The van der Waals surface area contributed by atoms with Gasteiger partial charge in [-0.05, 0) is 26.2 Å². The molecule has 1 heterocycles. The lowest BCUT2D eigenvalue weighted by Gasteiger charge is -2.30. The highest BCUT2D eigenvalue weighted by Gasteiger charge is 2.36. The number of anilines is 1. The highest BCUT2D eigenvalue weighted by Crippen LogP contribution is 2.38. The van der Waals surface area contributed by atoms with Gasteiger partial charge < -0.3 is 10.1 Å². The molecule has 0 radical (unpaired) electrons. The van der Waals surface area contributed by atoms with E-state index >= 15 is 0 Å². The van der Waals surface area contributed by atoms with Gasteiger partial charge in [-0.2, -0.15) is 0 Å². The topological polar surface area (TPSA) is 47.0 Å². The van der Waals surface area contributed by atoms with Gasteiger partial charge in [0.2, 0.25) is 0 Å². The number of nitrogens with one attached hydrogen (secondary N) is 1. The highest BCUT2D eigenvalue weighted by molar-refractivity contribution is 5.45. The van der Waals surface area contributed by atoms with Crippen LogP contribution in [0.3, 0.4) is 0 Å². The van der Waals surface area contributed by atoms with E-state index in [-0.39, 0.29) is 5.60 Å². The molecule has 112 valence electrons. The van der Waals surface area contributed by atoms with E-state index < -0.39 is 0 Å². The molecule has 0 bridgehead atoms. The molecule has 4 heteroatoms. The van der Waals surface area contributed by atoms with Crippen LogP contribution in [0, 0.1) is 6.92 Å². The van der Waals surface area contributed by atoms with Crippen LogP contribution in [0.25, 0.3) is 0 Å². The van der Waals surface area contributed by atoms with Gasteiger partial charge in [0.15, 0.2) is 5.82 Å². The molecule has 1 aromatic rings. The summed E-state index contributed by atoms with van der Waals surface area (Å²) in [5, 5.41) is 3.20. The molecule has 0 amide bonds. The van der Waals surface area contributed by atoms with E-state index in [0.29, 0.717) is 0 Å². The molecule has 20 heavy (non-hydrogen) atoms. The Morgan fingerprint density at radius 2 is 1.80 bits per heavy atom. The van der Waals surface area contributed by atoms with Gasteiger partial charge in [-0.15, -0.1) is 0 Å². The van der Waals surface area contributed by atoms with E-state index in [9.17, 15) is 0 Å². The van der Waals surface area contributed by atoms with E-state index in [2.05, 4.69) is 19.2 Å². The normalized spacial score (nSPS) is 18.6. The highest BCUT2D eigenvalue weighted by atomic mass is 16.5. The zero-order valence-corrected chi connectivity index (χ0v) is 13.3. The number of hydrogen-bond donors (Lipinski definition) is 1. The van der Waals surface area contributed by atoms with Crippen molar-refractivity contribution in [2.75, 3.05) is 19.5 Å². The van der Waals surface area contributed by atoms with E-state index in [1.165, 1.54) is 25.7 Å². The lowest BCUT2D eigenvalue weighted by molar-refractivity contribution is -0.0352. The molecule has 1 aliphatic rings. The zero-order valence-electron chi connectivity index (χ0n) is 13.3. The predicted octanol–water partition coefficient (Wildman–Crippen LogP) is 3.59. The molecule has 0 atom stereocenters. The summed E-state index contributed by atoms with van der Waals surface area (Å²) in [5.74, 6) is 1.81. The molecular weight excluding hydrogens is 250 g/mol. The van der Waals surface area contributed by atoms with Gasteiger partial charge in [-0.25, -0.2) is 9.97 Å². The number of nitrogens with zero attached hydrogens (tertiary/aromatic N) is 2. The van der Waals surface area contributed by atoms with E-state index in [0.717, 1.165) is 42.2 Å². The summed E-state index contributed by atoms with van der Waals surface area (Å²) in [6.07, 6.45) is 7.95. The molecule has 0 aromatic carbocycles. The molecule has 1 aromatic heterocycles. The van der Waals surface area contributed by atoms with Crippen LogP contribution < -0.4 is 5.32 Å². The summed E-state index contributed by atoms with van der Waals surface area (Å²) < 4.78 is 5.93. The van der Waals surface area contributed by atoms with Crippen LogP contribution in [0.2, 0.25) is 0 Å². The van der Waals surface area contributed by atoms with Crippen LogP contribution >= 0.6 is 0 Å². The molecule has 1 fully saturated rings. The first-order chi connectivity index (χ1) is 9.66. The zero-order chi connectivity index (χ0) is 14.6. The van der Waals surface area contributed by atoms with Gasteiger partial charge in [-0.1, -0.05) is 32.6 Å². The summed E-state index contributed by atoms with van der Waals surface area (Å²) >= 11 is 0. The van der Waals surface area contributed by atoms with E-state index in [1.54, 1.807) is 7.11 Å². The second-order valence-electron chi connectivity index (χ2n) is 5.68. The Labute approximate surface area is 122 Å². The average Bonchev–Trinajstić information content (AvgIpc) is 2.74.